The van der Waals surface area contributed by atoms with Crippen LogP contribution >= 0.6 is 0 Å². The number of carbonyl (C=O) groups excluding carboxylic acids is 2. The third-order valence-electron chi connectivity index (χ3n) is 8.83. The van der Waals surface area contributed by atoms with Crippen molar-refractivity contribution < 1.29 is 46.4 Å². The summed E-state index contributed by atoms with van der Waals surface area (Å²) in [4.78, 5) is 25.6. The lowest BCUT2D eigenvalue weighted by Crippen LogP contribution is -2.50. The Morgan fingerprint density at radius 3 is 1.78 bits per heavy atom. The van der Waals surface area contributed by atoms with Gasteiger partial charge < -0.3 is 23.7 Å². The first-order chi connectivity index (χ1) is 24.7. The van der Waals surface area contributed by atoms with Crippen LogP contribution in [0.1, 0.15) is 118 Å². The Kier molecular flexibility index (Phi) is 16.3. The van der Waals surface area contributed by atoms with Gasteiger partial charge in [0.25, 0.3) is 0 Å². The van der Waals surface area contributed by atoms with Gasteiger partial charge in [0.15, 0.2) is 12.4 Å². The van der Waals surface area contributed by atoms with Crippen molar-refractivity contribution in [3.63, 3.8) is 0 Å². The molecule has 0 amide bonds. The molecule has 1 saturated heterocycles. The zero-order valence-electron chi connectivity index (χ0n) is 29.8. The first kappa shape index (κ1) is 39.9. The molecule has 51 heavy (non-hydrogen) atoms. The monoisotopic (exact) mass is 712 g/mol. The third-order valence-corrected chi connectivity index (χ3v) is 8.83. The minimum Gasteiger partial charge on any atom is -0.494 e. The first-order valence-electron chi connectivity index (χ1n) is 18.4. The van der Waals surface area contributed by atoms with E-state index in [9.17, 15) is 22.8 Å². The molecule has 1 aliphatic heterocycles. The molecule has 0 radical (unpaired) electrons. The summed E-state index contributed by atoms with van der Waals surface area (Å²) in [6.45, 7) is 5.26. The molecule has 0 spiro atoms. The standard InChI is InChI=1S/C41H51F3O7/c1-3-5-7-8-9-10-11-13-28-47-34-22-18-31(19-23-34)30-14-16-32(17-15-30)39(45)49-35-24-20-33(21-25-35)40(46)50-36-26-27-37(48-29-12-6-4-2)51-38(36)41(42,43)44/h14-25,36-38H,3-13,26-29H2,1-2H3/t36-,37-,38-/m1/s1. The molecular formula is C41H51F3O7. The number of halogens is 3. The highest BCUT2D eigenvalue weighted by Gasteiger charge is 2.51. The molecular weight excluding hydrogens is 661 g/mol. The predicted molar refractivity (Wildman–Crippen MR) is 190 cm³/mol. The maximum absolute atomic E-state index is 13.8. The molecule has 0 aromatic heterocycles. The maximum Gasteiger partial charge on any atom is 0.418 e. The van der Waals surface area contributed by atoms with Gasteiger partial charge >= 0.3 is 18.1 Å². The quantitative estimate of drug-likeness (QED) is 0.0655. The van der Waals surface area contributed by atoms with Gasteiger partial charge in [-0.25, -0.2) is 9.59 Å². The Bertz CT molecular complexity index is 1460. The average molecular weight is 713 g/mol. The Balaban J connectivity index is 1.22. The van der Waals surface area contributed by atoms with Crippen LogP contribution in [-0.4, -0.2) is 49.8 Å². The lowest BCUT2D eigenvalue weighted by molar-refractivity contribution is -0.311. The van der Waals surface area contributed by atoms with E-state index in [4.69, 9.17) is 23.7 Å². The smallest absolute Gasteiger partial charge is 0.418 e. The van der Waals surface area contributed by atoms with Crippen molar-refractivity contribution in [2.24, 2.45) is 0 Å². The fourth-order valence-corrected chi connectivity index (χ4v) is 5.87. The average Bonchev–Trinajstić information content (AvgIpc) is 3.13. The van der Waals surface area contributed by atoms with Crippen LogP contribution in [0.3, 0.4) is 0 Å². The number of hydrogen-bond donors (Lipinski definition) is 0. The van der Waals surface area contributed by atoms with Crippen LogP contribution < -0.4 is 9.47 Å². The molecule has 0 aliphatic carbocycles. The third kappa shape index (κ3) is 13.3. The fourth-order valence-electron chi connectivity index (χ4n) is 5.87. The Hall–Kier alpha value is -3.89. The highest BCUT2D eigenvalue weighted by atomic mass is 19.4. The van der Waals surface area contributed by atoms with Crippen LogP contribution in [0, 0.1) is 0 Å². The Morgan fingerprint density at radius 1 is 0.647 bits per heavy atom. The van der Waals surface area contributed by atoms with Gasteiger partial charge in [0, 0.05) is 13.0 Å². The van der Waals surface area contributed by atoms with Crippen LogP contribution in [-0.2, 0) is 14.2 Å². The van der Waals surface area contributed by atoms with Gasteiger partial charge in [0.05, 0.1) is 17.7 Å². The van der Waals surface area contributed by atoms with E-state index in [1.165, 1.54) is 69.2 Å². The summed E-state index contributed by atoms with van der Waals surface area (Å²) in [6.07, 6.45) is 3.20. The molecule has 278 valence electrons. The summed E-state index contributed by atoms with van der Waals surface area (Å²) in [5, 5.41) is 0. The molecule has 0 unspecified atom stereocenters. The molecule has 0 N–H and O–H groups in total. The van der Waals surface area contributed by atoms with Gasteiger partial charge in [-0.15, -0.1) is 0 Å². The van der Waals surface area contributed by atoms with Crippen molar-refractivity contribution >= 4 is 11.9 Å². The fraction of sp³-hybridized carbons (Fsp3) is 0.512. The van der Waals surface area contributed by atoms with Crippen molar-refractivity contribution in [2.75, 3.05) is 13.2 Å². The normalized spacial score (nSPS) is 17.5. The lowest BCUT2D eigenvalue weighted by atomic mass is 10.0. The van der Waals surface area contributed by atoms with E-state index in [1.807, 2.05) is 43.3 Å². The molecule has 0 saturated carbocycles. The Morgan fingerprint density at radius 2 is 1.16 bits per heavy atom. The zero-order chi connectivity index (χ0) is 36.5. The SMILES string of the molecule is CCCCCCCCCCOc1ccc(-c2ccc(C(=O)Oc3ccc(C(=O)O[C@@H]4CC[C@H](OCCCCC)O[C@H]4C(F)(F)F)cc3)cc2)cc1. The topological polar surface area (TPSA) is 80.3 Å². The van der Waals surface area contributed by atoms with Gasteiger partial charge in [-0.05, 0) is 78.9 Å². The number of unbranched alkanes of at least 4 members (excludes halogenated alkanes) is 9. The van der Waals surface area contributed by atoms with Crippen LogP contribution in [0.4, 0.5) is 13.2 Å². The second kappa shape index (κ2) is 20.8. The van der Waals surface area contributed by atoms with Gasteiger partial charge in [0.2, 0.25) is 0 Å². The van der Waals surface area contributed by atoms with Gasteiger partial charge in [-0.2, -0.15) is 13.2 Å². The summed E-state index contributed by atoms with van der Waals surface area (Å²) in [5.74, 6) is -0.538. The van der Waals surface area contributed by atoms with E-state index >= 15 is 0 Å². The van der Waals surface area contributed by atoms with Crippen molar-refractivity contribution in [3.05, 3.63) is 83.9 Å². The second-order valence-corrected chi connectivity index (χ2v) is 13.0. The molecule has 3 aromatic carbocycles. The number of benzene rings is 3. The minimum absolute atomic E-state index is 0.0163. The molecule has 1 fully saturated rings. The van der Waals surface area contributed by atoms with Gasteiger partial charge in [-0.1, -0.05) is 95.9 Å². The summed E-state index contributed by atoms with van der Waals surface area (Å²) < 4.78 is 68.6. The van der Waals surface area contributed by atoms with Crippen molar-refractivity contribution in [1.82, 2.24) is 0 Å². The Labute approximate surface area is 299 Å². The van der Waals surface area contributed by atoms with Gasteiger partial charge in [-0.3, -0.25) is 0 Å². The number of hydrogen-bond acceptors (Lipinski definition) is 7. The molecule has 3 aromatic rings. The number of alkyl halides is 3. The second-order valence-electron chi connectivity index (χ2n) is 13.0. The van der Waals surface area contributed by atoms with E-state index in [1.54, 1.807) is 12.1 Å². The zero-order valence-corrected chi connectivity index (χ0v) is 29.8. The predicted octanol–water partition coefficient (Wildman–Crippen LogP) is 10.9. The lowest BCUT2D eigenvalue weighted by Gasteiger charge is -2.36. The van der Waals surface area contributed by atoms with E-state index in [0.717, 1.165) is 42.6 Å². The van der Waals surface area contributed by atoms with Crippen LogP contribution in [0.2, 0.25) is 0 Å². The van der Waals surface area contributed by atoms with Crippen LogP contribution in [0.15, 0.2) is 72.8 Å². The molecule has 10 heteroatoms. The minimum atomic E-state index is -4.74. The number of esters is 2. The summed E-state index contributed by atoms with van der Waals surface area (Å²) in [5.41, 5.74) is 2.25. The number of ether oxygens (including phenoxy) is 5. The van der Waals surface area contributed by atoms with Crippen LogP contribution in [0.25, 0.3) is 11.1 Å². The molecule has 3 atom stereocenters. The first-order valence-corrected chi connectivity index (χ1v) is 18.4. The largest absolute Gasteiger partial charge is 0.494 e. The molecule has 7 nitrogen and oxygen atoms in total. The number of carbonyl (C=O) groups is 2. The summed E-state index contributed by atoms with van der Waals surface area (Å²) in [6, 6.07) is 20.3. The van der Waals surface area contributed by atoms with Crippen molar-refractivity contribution in [1.29, 1.82) is 0 Å². The van der Waals surface area contributed by atoms with Crippen molar-refractivity contribution in [3.8, 4) is 22.6 Å². The molecule has 1 heterocycles. The number of rotatable bonds is 20. The van der Waals surface area contributed by atoms with E-state index < -0.39 is 36.6 Å². The summed E-state index contributed by atoms with van der Waals surface area (Å²) in [7, 11) is 0. The van der Waals surface area contributed by atoms with Crippen molar-refractivity contribution in [2.45, 2.75) is 122 Å². The van der Waals surface area contributed by atoms with Crippen LogP contribution in [0.5, 0.6) is 11.5 Å². The van der Waals surface area contributed by atoms with E-state index in [2.05, 4.69) is 6.92 Å². The van der Waals surface area contributed by atoms with Gasteiger partial charge in [0.1, 0.15) is 17.6 Å². The summed E-state index contributed by atoms with van der Waals surface area (Å²) >= 11 is 0. The highest BCUT2D eigenvalue weighted by Crippen LogP contribution is 2.35. The molecule has 0 bridgehead atoms. The van der Waals surface area contributed by atoms with E-state index in [-0.39, 0.29) is 24.2 Å². The molecule has 1 aliphatic rings. The van der Waals surface area contributed by atoms with E-state index in [0.29, 0.717) is 18.8 Å². The highest BCUT2D eigenvalue weighted by molar-refractivity contribution is 5.92. The maximum atomic E-state index is 13.8. The molecule has 4 rings (SSSR count).